The maximum absolute atomic E-state index is 13.9. The highest BCUT2D eigenvalue weighted by Gasteiger charge is 2.40. The standard InChI is InChI=1S/C31H51N3O6/c1-22(2)34(29(35)23-14-15-27(38-7)28(18-23)39-17-11-16-37-6)20-24-19-33(30(36)40-31(3,4)5)21-26(24)32-25-12-9-8-10-13-25/h14-15,18,22,24-26,32H,8-13,16-17,19-21H2,1-7H3/t24-,26+/m0/s1. The zero-order valence-corrected chi connectivity index (χ0v) is 25.7. The van der Waals surface area contributed by atoms with Crippen LogP contribution in [0.2, 0.25) is 0 Å². The normalized spacial score (nSPS) is 20.1. The van der Waals surface area contributed by atoms with Gasteiger partial charge in [-0.3, -0.25) is 4.79 Å². The minimum Gasteiger partial charge on any atom is -0.493 e. The minimum atomic E-state index is -0.556. The molecule has 226 valence electrons. The lowest BCUT2D eigenvalue weighted by molar-refractivity contribution is 0.0282. The van der Waals surface area contributed by atoms with E-state index in [9.17, 15) is 9.59 Å². The summed E-state index contributed by atoms with van der Waals surface area (Å²) in [6.45, 7) is 12.5. The summed E-state index contributed by atoms with van der Waals surface area (Å²) in [5, 5.41) is 3.86. The van der Waals surface area contributed by atoms with E-state index in [1.54, 1.807) is 37.3 Å². The number of amides is 2. The Balaban J connectivity index is 1.78. The van der Waals surface area contributed by atoms with Crippen molar-refractivity contribution in [1.82, 2.24) is 15.1 Å². The highest BCUT2D eigenvalue weighted by Crippen LogP contribution is 2.30. The first-order valence-electron chi connectivity index (χ1n) is 14.9. The fourth-order valence-electron chi connectivity index (χ4n) is 5.55. The van der Waals surface area contributed by atoms with Crippen LogP contribution in [-0.4, -0.2) is 92.6 Å². The fourth-order valence-corrected chi connectivity index (χ4v) is 5.55. The molecule has 1 heterocycles. The highest BCUT2D eigenvalue weighted by molar-refractivity contribution is 5.95. The van der Waals surface area contributed by atoms with Crippen LogP contribution < -0.4 is 14.8 Å². The van der Waals surface area contributed by atoms with Crippen LogP contribution in [0.4, 0.5) is 4.79 Å². The Morgan fingerprint density at radius 1 is 1.05 bits per heavy atom. The molecule has 40 heavy (non-hydrogen) atoms. The smallest absolute Gasteiger partial charge is 0.410 e. The average Bonchev–Trinajstić information content (AvgIpc) is 3.31. The quantitative estimate of drug-likeness (QED) is 0.354. The molecule has 2 fully saturated rings. The minimum absolute atomic E-state index is 0.0217. The molecule has 2 aliphatic rings. The third-order valence-corrected chi connectivity index (χ3v) is 7.62. The Bertz CT molecular complexity index is 957. The van der Waals surface area contributed by atoms with Crippen molar-refractivity contribution in [1.29, 1.82) is 0 Å². The van der Waals surface area contributed by atoms with Gasteiger partial charge in [0.05, 0.1) is 13.7 Å². The molecule has 9 nitrogen and oxygen atoms in total. The van der Waals surface area contributed by atoms with Crippen molar-refractivity contribution in [2.24, 2.45) is 5.92 Å². The molecule has 2 atom stereocenters. The molecule has 9 heteroatoms. The molecule has 0 unspecified atom stereocenters. The fraction of sp³-hybridized carbons (Fsp3) is 0.742. The first-order chi connectivity index (χ1) is 19.0. The number of likely N-dealkylation sites (tertiary alicyclic amines) is 1. The molecule has 1 aromatic carbocycles. The highest BCUT2D eigenvalue weighted by atomic mass is 16.6. The number of rotatable bonds is 12. The van der Waals surface area contributed by atoms with Crippen molar-refractivity contribution in [2.75, 3.05) is 47.1 Å². The molecule has 1 saturated carbocycles. The second kappa shape index (κ2) is 14.9. The molecule has 1 aliphatic heterocycles. The number of ether oxygens (including phenoxy) is 4. The van der Waals surface area contributed by atoms with Gasteiger partial charge in [-0.15, -0.1) is 0 Å². The van der Waals surface area contributed by atoms with Crippen LogP contribution in [0, 0.1) is 5.92 Å². The SMILES string of the molecule is COCCCOc1cc(C(=O)N(C[C@@H]2CN(C(=O)OC(C)(C)C)C[C@H]2NC2CCCCC2)C(C)C)ccc1OC. The van der Waals surface area contributed by atoms with Gasteiger partial charge in [0.15, 0.2) is 11.5 Å². The van der Waals surface area contributed by atoms with Crippen LogP contribution in [0.5, 0.6) is 11.5 Å². The van der Waals surface area contributed by atoms with Gasteiger partial charge < -0.3 is 34.1 Å². The molecule has 0 aromatic heterocycles. The van der Waals surface area contributed by atoms with Crippen LogP contribution in [0.15, 0.2) is 18.2 Å². The molecule has 0 bridgehead atoms. The van der Waals surface area contributed by atoms with E-state index < -0.39 is 5.60 Å². The van der Waals surface area contributed by atoms with Gasteiger partial charge in [-0.1, -0.05) is 19.3 Å². The molecular formula is C31H51N3O6. The topological polar surface area (TPSA) is 89.6 Å². The van der Waals surface area contributed by atoms with E-state index in [1.165, 1.54) is 19.3 Å². The zero-order valence-electron chi connectivity index (χ0n) is 25.7. The van der Waals surface area contributed by atoms with Gasteiger partial charge in [-0.2, -0.15) is 0 Å². The Labute approximate surface area is 240 Å². The van der Waals surface area contributed by atoms with Gasteiger partial charge in [0, 0.05) is 69.4 Å². The van der Waals surface area contributed by atoms with Crippen LogP contribution in [-0.2, 0) is 9.47 Å². The van der Waals surface area contributed by atoms with Crippen molar-refractivity contribution in [2.45, 2.75) is 96.9 Å². The maximum Gasteiger partial charge on any atom is 0.410 e. The maximum atomic E-state index is 13.9. The largest absolute Gasteiger partial charge is 0.493 e. The molecule has 1 saturated heterocycles. The monoisotopic (exact) mass is 561 g/mol. The van der Waals surface area contributed by atoms with Gasteiger partial charge in [0.2, 0.25) is 0 Å². The number of nitrogens with one attached hydrogen (secondary N) is 1. The first kappa shape index (κ1) is 32.0. The third kappa shape index (κ3) is 9.26. The van der Waals surface area contributed by atoms with Crippen LogP contribution >= 0.6 is 0 Å². The van der Waals surface area contributed by atoms with E-state index in [0.717, 1.165) is 19.3 Å². The van der Waals surface area contributed by atoms with Crippen LogP contribution in [0.25, 0.3) is 0 Å². The molecule has 1 N–H and O–H groups in total. The van der Waals surface area contributed by atoms with E-state index in [-0.39, 0.29) is 30.0 Å². The summed E-state index contributed by atoms with van der Waals surface area (Å²) in [6.07, 6.45) is 6.50. The van der Waals surface area contributed by atoms with E-state index in [2.05, 4.69) is 5.32 Å². The molecule has 1 aliphatic carbocycles. The number of carbonyl (C=O) groups is 2. The number of carbonyl (C=O) groups excluding carboxylic acids is 2. The summed E-state index contributed by atoms with van der Waals surface area (Å²) in [4.78, 5) is 30.6. The molecule has 3 rings (SSSR count). The third-order valence-electron chi connectivity index (χ3n) is 7.62. The van der Waals surface area contributed by atoms with Crippen molar-refractivity contribution >= 4 is 12.0 Å². The van der Waals surface area contributed by atoms with Crippen LogP contribution in [0.3, 0.4) is 0 Å². The predicted molar refractivity (Wildman–Crippen MR) is 156 cm³/mol. The van der Waals surface area contributed by atoms with Crippen LogP contribution in [0.1, 0.15) is 83.5 Å². The average molecular weight is 562 g/mol. The van der Waals surface area contributed by atoms with Crippen molar-refractivity contribution < 1.29 is 28.5 Å². The lowest BCUT2D eigenvalue weighted by Gasteiger charge is -2.34. The van der Waals surface area contributed by atoms with Gasteiger partial charge in [-0.25, -0.2) is 4.79 Å². The summed E-state index contributed by atoms with van der Waals surface area (Å²) in [6, 6.07) is 5.86. The number of methoxy groups -OCH3 is 2. The lowest BCUT2D eigenvalue weighted by Crippen LogP contribution is -2.49. The van der Waals surface area contributed by atoms with Crippen molar-refractivity contribution in [3.8, 4) is 11.5 Å². The number of hydrogen-bond acceptors (Lipinski definition) is 7. The van der Waals surface area contributed by atoms with E-state index in [0.29, 0.717) is 56.0 Å². The predicted octanol–water partition coefficient (Wildman–Crippen LogP) is 5.12. The van der Waals surface area contributed by atoms with Crippen molar-refractivity contribution in [3.05, 3.63) is 23.8 Å². The summed E-state index contributed by atoms with van der Waals surface area (Å²) in [5.41, 5.74) is -0.00549. The summed E-state index contributed by atoms with van der Waals surface area (Å²) in [7, 11) is 3.25. The first-order valence-corrected chi connectivity index (χ1v) is 14.9. The van der Waals surface area contributed by atoms with Gasteiger partial charge in [-0.05, 0) is 65.7 Å². The Morgan fingerprint density at radius 3 is 2.40 bits per heavy atom. The molecule has 0 radical (unpaired) electrons. The van der Waals surface area contributed by atoms with Gasteiger partial charge >= 0.3 is 6.09 Å². The molecular weight excluding hydrogens is 510 g/mol. The molecule has 1 aromatic rings. The summed E-state index contributed by atoms with van der Waals surface area (Å²) >= 11 is 0. The van der Waals surface area contributed by atoms with Crippen molar-refractivity contribution in [3.63, 3.8) is 0 Å². The Morgan fingerprint density at radius 2 is 1.77 bits per heavy atom. The van der Waals surface area contributed by atoms with E-state index in [4.69, 9.17) is 18.9 Å². The number of benzene rings is 1. The van der Waals surface area contributed by atoms with Gasteiger partial charge in [0.1, 0.15) is 5.60 Å². The van der Waals surface area contributed by atoms with Gasteiger partial charge in [0.25, 0.3) is 5.91 Å². The van der Waals surface area contributed by atoms with E-state index in [1.807, 2.05) is 39.5 Å². The second-order valence-electron chi connectivity index (χ2n) is 12.4. The molecule has 0 spiro atoms. The summed E-state index contributed by atoms with van der Waals surface area (Å²) in [5.74, 6) is 1.16. The van der Waals surface area contributed by atoms with E-state index >= 15 is 0 Å². The zero-order chi connectivity index (χ0) is 29.3. The lowest BCUT2D eigenvalue weighted by atomic mass is 9.93. The number of hydrogen-bond donors (Lipinski definition) is 1. The molecule has 2 amide bonds. The Hall–Kier alpha value is -2.52. The summed E-state index contributed by atoms with van der Waals surface area (Å²) < 4.78 is 22.2. The Kier molecular flexibility index (Phi) is 11.9. The number of nitrogens with zero attached hydrogens (tertiary/aromatic N) is 2. The second-order valence-corrected chi connectivity index (χ2v) is 12.4.